The molecule has 4 nitrogen and oxygen atoms in total. The Morgan fingerprint density at radius 2 is 2.32 bits per heavy atom. The molecule has 1 fully saturated rings. The molecule has 0 bridgehead atoms. The maximum absolute atomic E-state index is 13.6. The molecule has 1 aliphatic carbocycles. The number of nitrogens with zero attached hydrogens (tertiary/aromatic N) is 1. The Hall–Kier alpha value is -1.64. The van der Waals surface area contributed by atoms with E-state index < -0.39 is 11.4 Å². The third-order valence-corrected chi connectivity index (χ3v) is 2.95. The molecule has 1 saturated carbocycles. The molecule has 1 aliphatic rings. The van der Waals surface area contributed by atoms with Gasteiger partial charge in [0.15, 0.2) is 11.6 Å². The van der Waals surface area contributed by atoms with Crippen LogP contribution in [0.2, 0.25) is 0 Å². The second-order valence-corrected chi connectivity index (χ2v) is 5.20. The van der Waals surface area contributed by atoms with Crippen molar-refractivity contribution in [2.24, 2.45) is 0 Å². The molecule has 0 radical (unpaired) electrons. The van der Waals surface area contributed by atoms with Gasteiger partial charge < -0.3 is 15.2 Å². The van der Waals surface area contributed by atoms with Gasteiger partial charge in [0.05, 0.1) is 11.6 Å². The SMILES string of the molecule is CC(O)(CNC1CC1)COc1ccc(C#N)cc1F. The summed E-state index contributed by atoms with van der Waals surface area (Å²) in [5, 5.41) is 21.9. The van der Waals surface area contributed by atoms with Gasteiger partial charge in [-0.25, -0.2) is 4.39 Å². The molecule has 5 heteroatoms. The number of hydrogen-bond acceptors (Lipinski definition) is 4. The van der Waals surface area contributed by atoms with Crippen molar-refractivity contribution < 1.29 is 14.2 Å². The third kappa shape index (κ3) is 4.19. The van der Waals surface area contributed by atoms with E-state index in [9.17, 15) is 9.50 Å². The average Bonchev–Trinajstić information content (AvgIpc) is 3.19. The lowest BCUT2D eigenvalue weighted by Gasteiger charge is -2.24. The van der Waals surface area contributed by atoms with Crippen LogP contribution >= 0.6 is 0 Å². The molecule has 0 amide bonds. The summed E-state index contributed by atoms with van der Waals surface area (Å²) in [6.07, 6.45) is 2.28. The van der Waals surface area contributed by atoms with Gasteiger partial charge in [-0.15, -0.1) is 0 Å². The predicted octanol–water partition coefficient (Wildman–Crippen LogP) is 1.58. The Kier molecular flexibility index (Phi) is 4.03. The van der Waals surface area contributed by atoms with E-state index >= 15 is 0 Å². The number of aliphatic hydroxyl groups is 1. The summed E-state index contributed by atoms with van der Waals surface area (Å²) in [6, 6.07) is 6.35. The number of halogens is 1. The van der Waals surface area contributed by atoms with Gasteiger partial charge in [0.1, 0.15) is 12.2 Å². The lowest BCUT2D eigenvalue weighted by Crippen LogP contribution is -2.43. The quantitative estimate of drug-likeness (QED) is 0.818. The summed E-state index contributed by atoms with van der Waals surface area (Å²) < 4.78 is 18.8. The zero-order valence-electron chi connectivity index (χ0n) is 10.8. The van der Waals surface area contributed by atoms with Crippen LogP contribution in [0.5, 0.6) is 5.75 Å². The van der Waals surface area contributed by atoms with Crippen LogP contribution in [0.15, 0.2) is 18.2 Å². The highest BCUT2D eigenvalue weighted by atomic mass is 19.1. The summed E-state index contributed by atoms with van der Waals surface area (Å²) in [7, 11) is 0. The molecule has 0 aromatic heterocycles. The molecule has 1 atom stereocenters. The molecule has 2 rings (SSSR count). The van der Waals surface area contributed by atoms with Gasteiger partial charge in [0.25, 0.3) is 0 Å². The summed E-state index contributed by atoms with van der Waals surface area (Å²) in [5.74, 6) is -0.546. The molecular formula is C14H17FN2O2. The van der Waals surface area contributed by atoms with Crippen LogP contribution < -0.4 is 10.1 Å². The fourth-order valence-electron chi connectivity index (χ4n) is 1.62. The lowest BCUT2D eigenvalue weighted by molar-refractivity contribution is 0.0109. The fourth-order valence-corrected chi connectivity index (χ4v) is 1.62. The van der Waals surface area contributed by atoms with Crippen LogP contribution in [0.1, 0.15) is 25.3 Å². The minimum atomic E-state index is -1.05. The molecule has 1 aromatic carbocycles. The molecule has 0 saturated heterocycles. The molecule has 102 valence electrons. The van der Waals surface area contributed by atoms with Crippen LogP contribution in [0.3, 0.4) is 0 Å². The van der Waals surface area contributed by atoms with Gasteiger partial charge in [-0.2, -0.15) is 5.26 Å². The van der Waals surface area contributed by atoms with Gasteiger partial charge in [0.2, 0.25) is 0 Å². The van der Waals surface area contributed by atoms with E-state index in [-0.39, 0.29) is 17.9 Å². The predicted molar refractivity (Wildman–Crippen MR) is 68.3 cm³/mol. The van der Waals surface area contributed by atoms with Gasteiger partial charge in [-0.05, 0) is 38.0 Å². The van der Waals surface area contributed by atoms with E-state index in [1.165, 1.54) is 12.1 Å². The van der Waals surface area contributed by atoms with Crippen molar-refractivity contribution in [3.05, 3.63) is 29.6 Å². The van der Waals surface area contributed by atoms with Gasteiger partial charge in [-0.3, -0.25) is 0 Å². The van der Waals surface area contributed by atoms with Crippen molar-refractivity contribution in [1.29, 1.82) is 5.26 Å². The highest BCUT2D eigenvalue weighted by Crippen LogP contribution is 2.21. The minimum Gasteiger partial charge on any atom is -0.487 e. The topological polar surface area (TPSA) is 65.3 Å². The third-order valence-electron chi connectivity index (χ3n) is 2.95. The first-order chi connectivity index (χ1) is 9.00. The minimum absolute atomic E-state index is 0.00442. The van der Waals surface area contributed by atoms with E-state index in [4.69, 9.17) is 10.00 Å². The van der Waals surface area contributed by atoms with Gasteiger partial charge >= 0.3 is 0 Å². The zero-order valence-corrected chi connectivity index (χ0v) is 10.8. The number of benzene rings is 1. The monoisotopic (exact) mass is 264 g/mol. The maximum atomic E-state index is 13.6. The summed E-state index contributed by atoms with van der Waals surface area (Å²) in [4.78, 5) is 0. The summed E-state index contributed by atoms with van der Waals surface area (Å²) >= 11 is 0. The smallest absolute Gasteiger partial charge is 0.166 e. The zero-order chi connectivity index (χ0) is 13.9. The van der Waals surface area contributed by atoms with Crippen LogP contribution in [0, 0.1) is 17.1 Å². The van der Waals surface area contributed by atoms with Crippen molar-refractivity contribution in [1.82, 2.24) is 5.32 Å². The van der Waals surface area contributed by atoms with Crippen molar-refractivity contribution in [2.45, 2.75) is 31.4 Å². The van der Waals surface area contributed by atoms with Crippen LogP contribution in [-0.4, -0.2) is 29.9 Å². The highest BCUT2D eigenvalue weighted by molar-refractivity contribution is 5.36. The molecule has 0 spiro atoms. The molecule has 1 aromatic rings. The van der Waals surface area contributed by atoms with Crippen molar-refractivity contribution in [3.63, 3.8) is 0 Å². The van der Waals surface area contributed by atoms with Crippen LogP contribution in [0.4, 0.5) is 4.39 Å². The number of ether oxygens (including phenoxy) is 1. The summed E-state index contributed by atoms with van der Waals surface area (Å²) in [5.41, 5.74) is -0.810. The lowest BCUT2D eigenvalue weighted by atomic mass is 10.1. The highest BCUT2D eigenvalue weighted by Gasteiger charge is 2.27. The van der Waals surface area contributed by atoms with Crippen LogP contribution in [-0.2, 0) is 0 Å². The van der Waals surface area contributed by atoms with Crippen molar-refractivity contribution in [2.75, 3.05) is 13.2 Å². The first-order valence-corrected chi connectivity index (χ1v) is 6.28. The average molecular weight is 264 g/mol. The second-order valence-electron chi connectivity index (χ2n) is 5.20. The number of nitrogens with one attached hydrogen (secondary N) is 1. The Morgan fingerprint density at radius 3 is 2.89 bits per heavy atom. The van der Waals surface area contributed by atoms with E-state index in [0.717, 1.165) is 18.9 Å². The Bertz CT molecular complexity index is 493. The van der Waals surface area contributed by atoms with Crippen molar-refractivity contribution in [3.8, 4) is 11.8 Å². The standard InChI is InChI=1S/C14H17FN2O2/c1-14(18,8-17-11-3-4-11)9-19-13-5-2-10(7-16)6-12(13)15/h2,5-6,11,17-18H,3-4,8-9H2,1H3. The first kappa shape index (κ1) is 13.8. The Balaban J connectivity index is 1.88. The Morgan fingerprint density at radius 1 is 1.58 bits per heavy atom. The molecular weight excluding hydrogens is 247 g/mol. The van der Waals surface area contributed by atoms with E-state index in [1.54, 1.807) is 6.92 Å². The fraction of sp³-hybridized carbons (Fsp3) is 0.500. The molecule has 0 heterocycles. The van der Waals surface area contributed by atoms with Crippen LogP contribution in [0.25, 0.3) is 0 Å². The summed E-state index contributed by atoms with van der Waals surface area (Å²) in [6.45, 7) is 2.05. The molecule has 0 aliphatic heterocycles. The number of rotatable bonds is 6. The van der Waals surface area contributed by atoms with Gasteiger partial charge in [0, 0.05) is 12.6 Å². The van der Waals surface area contributed by atoms with Crippen molar-refractivity contribution >= 4 is 0 Å². The molecule has 1 unspecified atom stereocenters. The van der Waals surface area contributed by atoms with E-state index in [1.807, 2.05) is 6.07 Å². The number of nitriles is 1. The maximum Gasteiger partial charge on any atom is 0.166 e. The second kappa shape index (κ2) is 5.55. The first-order valence-electron chi connectivity index (χ1n) is 6.28. The van der Waals surface area contributed by atoms with E-state index in [0.29, 0.717) is 12.6 Å². The normalized spacial score (nSPS) is 17.6. The largest absolute Gasteiger partial charge is 0.487 e. The van der Waals surface area contributed by atoms with Gasteiger partial charge in [-0.1, -0.05) is 0 Å². The number of hydrogen-bond donors (Lipinski definition) is 2. The molecule has 19 heavy (non-hydrogen) atoms. The Labute approximate surface area is 111 Å². The molecule has 2 N–H and O–H groups in total. The van der Waals surface area contributed by atoms with E-state index in [2.05, 4.69) is 5.32 Å².